The van der Waals surface area contributed by atoms with E-state index in [1.165, 1.54) is 6.92 Å². The summed E-state index contributed by atoms with van der Waals surface area (Å²) in [6, 6.07) is 13.8. The molecule has 3 amide bonds. The third-order valence-corrected chi connectivity index (χ3v) is 3.97. The van der Waals surface area contributed by atoms with E-state index in [2.05, 4.69) is 50.7 Å². The largest absolute Gasteiger partial charge is 0.326 e. The van der Waals surface area contributed by atoms with Gasteiger partial charge in [-0.2, -0.15) is 0 Å². The minimum absolute atomic E-state index is 0.00717. The van der Waals surface area contributed by atoms with E-state index in [1.54, 1.807) is 30.3 Å². The fraction of sp³-hybridized carbons (Fsp3) is 0.105. The predicted molar refractivity (Wildman–Crippen MR) is 113 cm³/mol. The van der Waals surface area contributed by atoms with Gasteiger partial charge in [-0.05, 0) is 65.1 Å². The SMILES string of the molecule is C=C(CC(=O)Nc1cccc(I)c1)NNC(=O)c1ccc(NC(C)=O)cc1. The lowest BCUT2D eigenvalue weighted by molar-refractivity contribution is -0.116. The van der Waals surface area contributed by atoms with Crippen LogP contribution in [0.2, 0.25) is 0 Å². The molecule has 2 aromatic rings. The van der Waals surface area contributed by atoms with Gasteiger partial charge in [-0.25, -0.2) is 0 Å². The highest BCUT2D eigenvalue weighted by Crippen LogP contribution is 2.13. The Hall–Kier alpha value is -2.88. The molecule has 4 N–H and O–H groups in total. The quantitative estimate of drug-likeness (QED) is 0.363. The first-order valence-corrected chi connectivity index (χ1v) is 9.08. The highest BCUT2D eigenvalue weighted by atomic mass is 127. The minimum atomic E-state index is -0.386. The average molecular weight is 478 g/mol. The molecule has 0 saturated heterocycles. The lowest BCUT2D eigenvalue weighted by Gasteiger charge is -2.12. The topological polar surface area (TPSA) is 99.3 Å². The highest BCUT2D eigenvalue weighted by molar-refractivity contribution is 14.1. The Kier molecular flexibility index (Phi) is 7.35. The standard InChI is InChI=1S/C19H19IN4O3/c1-12(10-18(26)22-17-5-3-4-15(20)11-17)23-24-19(27)14-6-8-16(9-7-14)21-13(2)25/h3-9,11,23H,1,10H2,2H3,(H,21,25)(H,22,26)(H,24,27). The Bertz CT molecular complexity index is 866. The van der Waals surface area contributed by atoms with E-state index in [9.17, 15) is 14.4 Å². The molecule has 2 rings (SSSR count). The van der Waals surface area contributed by atoms with Crippen molar-refractivity contribution in [3.05, 3.63) is 69.9 Å². The summed E-state index contributed by atoms with van der Waals surface area (Å²) in [6.45, 7) is 5.14. The molecule has 0 saturated carbocycles. The van der Waals surface area contributed by atoms with E-state index >= 15 is 0 Å². The molecular weight excluding hydrogens is 459 g/mol. The number of nitrogens with one attached hydrogen (secondary N) is 4. The number of anilines is 2. The molecule has 0 aliphatic carbocycles. The molecule has 0 radical (unpaired) electrons. The molecule has 7 nitrogen and oxygen atoms in total. The molecule has 0 atom stereocenters. The molecule has 140 valence electrons. The van der Waals surface area contributed by atoms with Crippen molar-refractivity contribution in [2.24, 2.45) is 0 Å². The minimum Gasteiger partial charge on any atom is -0.326 e. The van der Waals surface area contributed by atoms with Crippen LogP contribution in [0, 0.1) is 3.57 Å². The summed E-state index contributed by atoms with van der Waals surface area (Å²) in [5.41, 5.74) is 7.15. The van der Waals surface area contributed by atoms with Crippen molar-refractivity contribution in [2.75, 3.05) is 10.6 Å². The van der Waals surface area contributed by atoms with Crippen LogP contribution in [0.15, 0.2) is 60.8 Å². The summed E-state index contributed by atoms with van der Waals surface area (Å²) in [4.78, 5) is 35.1. The van der Waals surface area contributed by atoms with Crippen LogP contribution in [0.1, 0.15) is 23.7 Å². The second-order valence-corrected chi connectivity index (χ2v) is 6.92. The van der Waals surface area contributed by atoms with Crippen LogP contribution < -0.4 is 21.5 Å². The highest BCUT2D eigenvalue weighted by Gasteiger charge is 2.08. The third kappa shape index (κ3) is 7.10. The summed E-state index contributed by atoms with van der Waals surface area (Å²) >= 11 is 2.16. The molecule has 0 heterocycles. The van der Waals surface area contributed by atoms with Crippen molar-refractivity contribution in [3.63, 3.8) is 0 Å². The Morgan fingerprint density at radius 1 is 0.963 bits per heavy atom. The maximum absolute atomic E-state index is 12.1. The molecule has 8 heteroatoms. The van der Waals surface area contributed by atoms with Crippen LogP contribution in [0.5, 0.6) is 0 Å². The van der Waals surface area contributed by atoms with Crippen LogP contribution in [0.25, 0.3) is 0 Å². The van der Waals surface area contributed by atoms with Crippen LogP contribution in [-0.2, 0) is 9.59 Å². The maximum Gasteiger partial charge on any atom is 0.269 e. The zero-order chi connectivity index (χ0) is 19.8. The first kappa shape index (κ1) is 20.4. The van der Waals surface area contributed by atoms with Crippen molar-refractivity contribution >= 4 is 51.7 Å². The van der Waals surface area contributed by atoms with Crippen LogP contribution in [0.3, 0.4) is 0 Å². The Morgan fingerprint density at radius 2 is 1.67 bits per heavy atom. The van der Waals surface area contributed by atoms with Crippen molar-refractivity contribution in [1.29, 1.82) is 0 Å². The average Bonchev–Trinajstić information content (AvgIpc) is 2.59. The van der Waals surface area contributed by atoms with E-state index in [4.69, 9.17) is 0 Å². The van der Waals surface area contributed by atoms with Gasteiger partial charge in [-0.3, -0.25) is 19.8 Å². The normalized spacial score (nSPS) is 9.85. The first-order valence-electron chi connectivity index (χ1n) is 8.00. The number of rotatable bonds is 7. The van der Waals surface area contributed by atoms with Gasteiger partial charge in [0.2, 0.25) is 11.8 Å². The predicted octanol–water partition coefficient (Wildman–Crippen LogP) is 3.03. The van der Waals surface area contributed by atoms with Gasteiger partial charge in [0.1, 0.15) is 0 Å². The number of hydrogen-bond donors (Lipinski definition) is 4. The van der Waals surface area contributed by atoms with Crippen LogP contribution in [0.4, 0.5) is 11.4 Å². The number of hydrogen-bond acceptors (Lipinski definition) is 4. The van der Waals surface area contributed by atoms with Gasteiger partial charge in [0.25, 0.3) is 5.91 Å². The van der Waals surface area contributed by atoms with Crippen molar-refractivity contribution in [1.82, 2.24) is 10.9 Å². The Balaban J connectivity index is 1.79. The fourth-order valence-electron chi connectivity index (χ4n) is 2.13. The summed E-state index contributed by atoms with van der Waals surface area (Å²) in [5.74, 6) is -0.819. The van der Waals surface area contributed by atoms with E-state index in [0.29, 0.717) is 22.6 Å². The van der Waals surface area contributed by atoms with E-state index in [-0.39, 0.29) is 24.1 Å². The number of halogens is 1. The first-order chi connectivity index (χ1) is 12.8. The van der Waals surface area contributed by atoms with Gasteiger partial charge in [0.15, 0.2) is 0 Å². The smallest absolute Gasteiger partial charge is 0.269 e. The van der Waals surface area contributed by atoms with Gasteiger partial charge >= 0.3 is 0 Å². The second-order valence-electron chi connectivity index (χ2n) is 5.68. The molecule has 0 aliphatic heterocycles. The maximum atomic E-state index is 12.1. The Labute approximate surface area is 170 Å². The molecule has 2 aromatic carbocycles. The lowest BCUT2D eigenvalue weighted by Crippen LogP contribution is -2.37. The van der Waals surface area contributed by atoms with Gasteiger partial charge in [0.05, 0.1) is 6.42 Å². The zero-order valence-electron chi connectivity index (χ0n) is 14.6. The lowest BCUT2D eigenvalue weighted by atomic mass is 10.2. The molecule has 0 aromatic heterocycles. The van der Waals surface area contributed by atoms with Crippen molar-refractivity contribution in [3.8, 4) is 0 Å². The van der Waals surface area contributed by atoms with E-state index in [1.807, 2.05) is 18.2 Å². The van der Waals surface area contributed by atoms with Gasteiger partial charge in [0, 0.05) is 33.1 Å². The summed E-state index contributed by atoms with van der Waals surface area (Å²) < 4.78 is 1.01. The molecule has 27 heavy (non-hydrogen) atoms. The number of benzene rings is 2. The van der Waals surface area contributed by atoms with E-state index < -0.39 is 0 Å². The molecule has 0 fully saturated rings. The van der Waals surface area contributed by atoms with Crippen LogP contribution >= 0.6 is 22.6 Å². The van der Waals surface area contributed by atoms with Gasteiger partial charge in [-0.1, -0.05) is 12.6 Å². The molecular formula is C19H19IN4O3. The summed E-state index contributed by atoms with van der Waals surface area (Å²) in [7, 11) is 0. The second kappa shape index (κ2) is 9.72. The number of carbonyl (C=O) groups is 3. The molecule has 0 unspecified atom stereocenters. The van der Waals surface area contributed by atoms with E-state index in [0.717, 1.165) is 3.57 Å². The van der Waals surface area contributed by atoms with Gasteiger partial charge < -0.3 is 16.1 Å². The van der Waals surface area contributed by atoms with Crippen molar-refractivity contribution in [2.45, 2.75) is 13.3 Å². The number of carbonyl (C=O) groups excluding carboxylic acids is 3. The summed E-state index contributed by atoms with van der Waals surface area (Å²) in [6.07, 6.45) is 0.00717. The molecule has 0 aliphatic rings. The fourth-order valence-corrected chi connectivity index (χ4v) is 2.68. The summed E-state index contributed by atoms with van der Waals surface area (Å²) in [5, 5.41) is 5.38. The monoisotopic (exact) mass is 478 g/mol. The van der Waals surface area contributed by atoms with Crippen LogP contribution in [-0.4, -0.2) is 17.7 Å². The third-order valence-electron chi connectivity index (χ3n) is 3.30. The zero-order valence-corrected chi connectivity index (χ0v) is 16.8. The Morgan fingerprint density at radius 3 is 2.30 bits per heavy atom. The molecule has 0 spiro atoms. The van der Waals surface area contributed by atoms with Crippen molar-refractivity contribution < 1.29 is 14.4 Å². The number of hydrazine groups is 1. The van der Waals surface area contributed by atoms with Gasteiger partial charge in [-0.15, -0.1) is 0 Å². The number of amides is 3. The molecule has 0 bridgehead atoms.